The van der Waals surface area contributed by atoms with Gasteiger partial charge in [-0.05, 0) is 76.2 Å². The lowest BCUT2D eigenvalue weighted by molar-refractivity contribution is -0.119. The Kier molecular flexibility index (Phi) is 7.87. The van der Waals surface area contributed by atoms with Gasteiger partial charge in [-0.15, -0.1) is 0 Å². The maximum absolute atomic E-state index is 14.3. The molecule has 1 N–H and O–H groups in total. The first kappa shape index (κ1) is 22.0. The molecule has 2 aliphatic carbocycles. The van der Waals surface area contributed by atoms with E-state index >= 15 is 0 Å². The van der Waals surface area contributed by atoms with Gasteiger partial charge in [0.2, 0.25) is 5.91 Å². The highest BCUT2D eigenvalue weighted by Gasteiger charge is 2.24. The summed E-state index contributed by atoms with van der Waals surface area (Å²) in [5, 5.41) is 2.92. The molecular weight excluding hydrogens is 376 g/mol. The van der Waals surface area contributed by atoms with Crippen LogP contribution < -0.4 is 10.1 Å². The van der Waals surface area contributed by atoms with Gasteiger partial charge in [-0.1, -0.05) is 0 Å². The second-order valence-electron chi connectivity index (χ2n) is 8.76. The molecule has 1 aromatic carbocycles. The van der Waals surface area contributed by atoms with Crippen molar-refractivity contribution < 1.29 is 23.0 Å². The Morgan fingerprint density at radius 2 is 1.79 bits per heavy atom. The van der Waals surface area contributed by atoms with Crippen molar-refractivity contribution in [3.63, 3.8) is 0 Å². The van der Waals surface area contributed by atoms with Crippen LogP contribution in [-0.2, 0) is 16.1 Å². The molecule has 0 bridgehead atoms. The van der Waals surface area contributed by atoms with E-state index in [9.17, 15) is 13.6 Å². The smallest absolute Gasteiger partial charge is 0.217 e. The molecule has 29 heavy (non-hydrogen) atoms. The Morgan fingerprint density at radius 1 is 1.10 bits per heavy atom. The van der Waals surface area contributed by atoms with Crippen LogP contribution in [0.25, 0.3) is 0 Å². The number of amides is 1. The summed E-state index contributed by atoms with van der Waals surface area (Å²) in [7, 11) is 0. The van der Waals surface area contributed by atoms with E-state index < -0.39 is 11.6 Å². The third-order valence-electron chi connectivity index (χ3n) is 6.00. The number of carbonyl (C=O) groups excluding carboxylic acids is 1. The third-order valence-corrected chi connectivity index (χ3v) is 6.00. The van der Waals surface area contributed by atoms with Crippen LogP contribution in [0.4, 0.5) is 8.78 Å². The number of nitrogens with one attached hydrogen (secondary N) is 1. The second kappa shape index (κ2) is 10.4. The van der Waals surface area contributed by atoms with Crippen molar-refractivity contribution in [1.82, 2.24) is 5.32 Å². The number of ether oxygens (including phenoxy) is 2. The van der Waals surface area contributed by atoms with Crippen LogP contribution in [0.2, 0.25) is 0 Å². The van der Waals surface area contributed by atoms with E-state index in [4.69, 9.17) is 9.47 Å². The highest BCUT2D eigenvalue weighted by molar-refractivity contribution is 5.73. The lowest BCUT2D eigenvalue weighted by Crippen LogP contribution is -2.31. The van der Waals surface area contributed by atoms with Gasteiger partial charge in [0, 0.05) is 24.6 Å². The van der Waals surface area contributed by atoms with Gasteiger partial charge >= 0.3 is 0 Å². The number of rotatable bonds is 10. The molecule has 0 radical (unpaired) electrons. The van der Waals surface area contributed by atoms with E-state index in [1.165, 1.54) is 6.07 Å². The maximum atomic E-state index is 14.3. The molecule has 0 heterocycles. The van der Waals surface area contributed by atoms with Gasteiger partial charge in [-0.3, -0.25) is 4.79 Å². The zero-order valence-electron chi connectivity index (χ0n) is 17.5. The average Bonchev–Trinajstić information content (AvgIpc) is 3.50. The van der Waals surface area contributed by atoms with Gasteiger partial charge in [0.1, 0.15) is 5.82 Å². The zero-order valence-corrected chi connectivity index (χ0v) is 17.5. The van der Waals surface area contributed by atoms with Crippen molar-refractivity contribution in [2.75, 3.05) is 6.61 Å². The fourth-order valence-corrected chi connectivity index (χ4v) is 3.98. The lowest BCUT2D eigenvalue weighted by atomic mass is 9.84. The Labute approximate surface area is 172 Å². The Bertz CT molecular complexity index is 685. The number of carbonyl (C=O) groups is 1. The minimum atomic E-state index is -0.525. The molecule has 0 spiro atoms. The van der Waals surface area contributed by atoms with Gasteiger partial charge in [-0.25, -0.2) is 8.78 Å². The van der Waals surface area contributed by atoms with Crippen LogP contribution in [0.15, 0.2) is 12.1 Å². The van der Waals surface area contributed by atoms with Crippen LogP contribution in [0.1, 0.15) is 70.8 Å². The van der Waals surface area contributed by atoms with Crippen LogP contribution in [-0.4, -0.2) is 24.7 Å². The lowest BCUT2D eigenvalue weighted by Gasteiger charge is -2.29. The molecular formula is C23H33F2NO3. The first-order valence-corrected chi connectivity index (χ1v) is 10.9. The standard InChI is InChI=1S/C23H33F2NO3/c1-15(26-16(2)27)3-4-17-7-9-20(10-8-17)28-14-19-11-22(25)23(12-21(19)24)29-13-18-5-6-18/h11-12,15,17-18,20H,3-10,13-14H2,1-2H3,(H,26,27)/t15-,17?,20?/m0/s1. The van der Waals surface area contributed by atoms with Crippen molar-refractivity contribution in [1.29, 1.82) is 0 Å². The first-order valence-electron chi connectivity index (χ1n) is 10.9. The van der Waals surface area contributed by atoms with Gasteiger partial charge in [-0.2, -0.15) is 0 Å². The van der Waals surface area contributed by atoms with Gasteiger partial charge in [0.05, 0.1) is 19.3 Å². The molecule has 4 nitrogen and oxygen atoms in total. The van der Waals surface area contributed by atoms with E-state index in [0.717, 1.165) is 57.4 Å². The van der Waals surface area contributed by atoms with Crippen LogP contribution in [0.3, 0.4) is 0 Å². The van der Waals surface area contributed by atoms with E-state index in [2.05, 4.69) is 5.32 Å². The predicted octanol–water partition coefficient (Wildman–Crippen LogP) is 5.13. The molecule has 0 aromatic heterocycles. The minimum absolute atomic E-state index is 0.00727. The summed E-state index contributed by atoms with van der Waals surface area (Å²) in [4.78, 5) is 11.1. The molecule has 1 amide bonds. The van der Waals surface area contributed by atoms with Gasteiger partial charge in [0.25, 0.3) is 0 Å². The fourth-order valence-electron chi connectivity index (χ4n) is 3.98. The fraction of sp³-hybridized carbons (Fsp3) is 0.696. The molecule has 2 saturated carbocycles. The zero-order chi connectivity index (χ0) is 20.8. The molecule has 3 rings (SSSR count). The summed E-state index contributed by atoms with van der Waals surface area (Å²) >= 11 is 0. The predicted molar refractivity (Wildman–Crippen MR) is 108 cm³/mol. The minimum Gasteiger partial charge on any atom is -0.490 e. The topological polar surface area (TPSA) is 47.6 Å². The normalized spacial score (nSPS) is 22.9. The number of hydrogen-bond acceptors (Lipinski definition) is 3. The molecule has 6 heteroatoms. The highest BCUT2D eigenvalue weighted by atomic mass is 19.1. The largest absolute Gasteiger partial charge is 0.490 e. The van der Waals surface area contributed by atoms with Gasteiger partial charge in [0.15, 0.2) is 11.6 Å². The summed E-state index contributed by atoms with van der Waals surface area (Å²) in [5.41, 5.74) is 0.243. The summed E-state index contributed by atoms with van der Waals surface area (Å²) in [6.45, 7) is 4.12. The first-order chi connectivity index (χ1) is 13.9. The molecule has 1 aromatic rings. The SMILES string of the molecule is CC(=O)N[C@@H](C)CCC1CCC(OCc2cc(F)c(OCC3CC3)cc2F)CC1. The molecule has 0 aliphatic heterocycles. The van der Waals surface area contributed by atoms with E-state index in [-0.39, 0.29) is 36.0 Å². The Balaban J connectivity index is 1.38. The summed E-state index contributed by atoms with van der Waals surface area (Å²) in [5.74, 6) is 0.140. The highest BCUT2D eigenvalue weighted by Crippen LogP contribution is 2.32. The molecule has 2 aliphatic rings. The van der Waals surface area contributed by atoms with Crippen LogP contribution >= 0.6 is 0 Å². The second-order valence-corrected chi connectivity index (χ2v) is 8.76. The van der Waals surface area contributed by atoms with Crippen molar-refractivity contribution in [2.24, 2.45) is 11.8 Å². The Hall–Kier alpha value is -1.69. The molecule has 0 saturated heterocycles. The summed E-state index contributed by atoms with van der Waals surface area (Å²) < 4.78 is 39.7. The van der Waals surface area contributed by atoms with Crippen molar-refractivity contribution >= 4 is 5.91 Å². The van der Waals surface area contributed by atoms with Crippen LogP contribution in [0.5, 0.6) is 5.75 Å². The van der Waals surface area contributed by atoms with Crippen LogP contribution in [0, 0.1) is 23.5 Å². The van der Waals surface area contributed by atoms with E-state index in [1.54, 1.807) is 6.92 Å². The summed E-state index contributed by atoms with van der Waals surface area (Å²) in [6, 6.07) is 2.55. The quantitative estimate of drug-likeness (QED) is 0.582. The van der Waals surface area contributed by atoms with Crippen molar-refractivity contribution in [3.05, 3.63) is 29.3 Å². The Morgan fingerprint density at radius 3 is 2.45 bits per heavy atom. The molecule has 162 valence electrons. The molecule has 0 unspecified atom stereocenters. The number of benzene rings is 1. The monoisotopic (exact) mass is 409 g/mol. The van der Waals surface area contributed by atoms with Crippen molar-refractivity contribution in [3.8, 4) is 5.75 Å². The average molecular weight is 410 g/mol. The maximum Gasteiger partial charge on any atom is 0.217 e. The molecule has 1 atom stereocenters. The number of hydrogen-bond donors (Lipinski definition) is 1. The number of halogens is 2. The van der Waals surface area contributed by atoms with E-state index in [1.807, 2.05) is 6.92 Å². The van der Waals surface area contributed by atoms with Crippen molar-refractivity contribution in [2.45, 2.75) is 84.0 Å². The third kappa shape index (κ3) is 7.25. The van der Waals surface area contributed by atoms with E-state index in [0.29, 0.717) is 18.4 Å². The summed E-state index contributed by atoms with van der Waals surface area (Å²) in [6.07, 6.45) is 8.39. The van der Waals surface area contributed by atoms with Gasteiger partial charge < -0.3 is 14.8 Å². The molecule has 2 fully saturated rings.